The van der Waals surface area contributed by atoms with E-state index < -0.39 is 46.7 Å². The first-order valence-corrected chi connectivity index (χ1v) is 6.86. The van der Waals surface area contributed by atoms with Gasteiger partial charge in [0, 0.05) is 24.8 Å². The molecule has 16 heteroatoms. The van der Waals surface area contributed by atoms with Gasteiger partial charge < -0.3 is 39.6 Å². The number of nitrogens with zero attached hydrogens (tertiary/aromatic N) is 1. The standard InChI is InChI=1S/C6H8O7.C2H6BN.C2H4.Na.Ni.H2O4S/c7-3(8)1-6(13,5(11)12)2-4(9)10;1-4(2)3;1-2;;;1-5(2,3)4/h13H,1-2H2,(H,7,8)(H,9,10)(H,11,12);1-2H3;1-2H2;;;(H2,1,2,3,4)/q;;;+1;+2;/p-3. The predicted octanol–water partition coefficient (Wildman–Crippen LogP) is -8.47. The Balaban J connectivity index is -0.0000000646. The second kappa shape index (κ2) is 20.8. The quantitative estimate of drug-likeness (QED) is 0.201. The van der Waals surface area contributed by atoms with E-state index in [0.29, 0.717) is 0 Å². The number of aliphatic carboxylic acids is 3. The first kappa shape index (κ1) is 40.3. The Hall–Kier alpha value is -0.502. The number of aliphatic hydroxyl groups is 1. The Labute approximate surface area is 184 Å². The molecule has 148 valence electrons. The summed E-state index contributed by atoms with van der Waals surface area (Å²) in [6, 6.07) is 0. The third-order valence-corrected chi connectivity index (χ3v) is 1.25. The molecule has 2 radical (unpaired) electrons. The van der Waals surface area contributed by atoms with E-state index in [-0.39, 0.29) is 46.0 Å². The van der Waals surface area contributed by atoms with Crippen LogP contribution in [0.4, 0.5) is 0 Å². The molecule has 0 bridgehead atoms. The zero-order valence-corrected chi connectivity index (χ0v) is 18.0. The van der Waals surface area contributed by atoms with Crippen molar-refractivity contribution in [2.24, 2.45) is 0 Å². The van der Waals surface area contributed by atoms with Gasteiger partial charge in [0.25, 0.3) is 0 Å². The van der Waals surface area contributed by atoms with Gasteiger partial charge in [-0.15, -0.1) is 13.2 Å². The van der Waals surface area contributed by atoms with Gasteiger partial charge >= 0.3 is 56.4 Å². The van der Waals surface area contributed by atoms with Gasteiger partial charge in [0.2, 0.25) is 0 Å². The Morgan fingerprint density at radius 2 is 1.19 bits per heavy atom. The molecule has 0 rings (SSSR count). The Bertz CT molecular complexity index is 476. The maximum absolute atomic E-state index is 10.1. The summed E-state index contributed by atoms with van der Waals surface area (Å²) in [6.07, 6.45) is -2.72. The molecular formula is C10H17BNNaNiO11S. The molecule has 3 N–H and O–H groups in total. The van der Waals surface area contributed by atoms with Crippen molar-refractivity contribution in [3.63, 3.8) is 0 Å². The van der Waals surface area contributed by atoms with Crippen LogP contribution in [0.3, 0.4) is 0 Å². The van der Waals surface area contributed by atoms with E-state index in [9.17, 15) is 29.7 Å². The molecule has 0 atom stereocenters. The normalized spacial score (nSPS) is 9.15. The van der Waals surface area contributed by atoms with E-state index in [0.717, 1.165) is 0 Å². The van der Waals surface area contributed by atoms with E-state index in [2.05, 4.69) is 13.2 Å². The van der Waals surface area contributed by atoms with Crippen molar-refractivity contribution in [3.05, 3.63) is 13.2 Å². The fourth-order valence-electron chi connectivity index (χ4n) is 0.684. The van der Waals surface area contributed by atoms with Crippen LogP contribution in [0.2, 0.25) is 0 Å². The van der Waals surface area contributed by atoms with Gasteiger partial charge in [0.15, 0.2) is 7.98 Å². The van der Waals surface area contributed by atoms with Gasteiger partial charge in [-0.05, 0) is 14.1 Å². The summed E-state index contributed by atoms with van der Waals surface area (Å²) in [6.45, 7) is 6.00. The molecule has 0 aromatic rings. The van der Waals surface area contributed by atoms with Crippen molar-refractivity contribution in [2.45, 2.75) is 18.4 Å². The number of rotatable bonds is 5. The molecule has 0 aromatic heterocycles. The van der Waals surface area contributed by atoms with Crippen LogP contribution in [-0.4, -0.2) is 73.0 Å². The third kappa shape index (κ3) is 49.5. The zero-order chi connectivity index (χ0) is 20.7. The van der Waals surface area contributed by atoms with E-state index in [1.54, 1.807) is 14.1 Å². The summed E-state index contributed by atoms with van der Waals surface area (Å²) in [5, 5.41) is 38.9. The van der Waals surface area contributed by atoms with E-state index in [1.165, 1.54) is 4.81 Å². The number of carboxylic acids is 3. The Morgan fingerprint density at radius 1 is 1.04 bits per heavy atom. The average Bonchev–Trinajstić information content (AvgIpc) is 2.25. The summed E-state index contributed by atoms with van der Waals surface area (Å²) < 4.78 is 31.6. The van der Waals surface area contributed by atoms with Crippen LogP contribution >= 0.6 is 0 Å². The molecule has 0 saturated carbocycles. The monoisotopic (exact) mass is 451 g/mol. The average molecular weight is 452 g/mol. The van der Waals surface area contributed by atoms with Crippen LogP contribution in [0.1, 0.15) is 12.8 Å². The minimum absolute atomic E-state index is 0. The van der Waals surface area contributed by atoms with Crippen LogP contribution in [0.25, 0.3) is 0 Å². The van der Waals surface area contributed by atoms with E-state index in [4.69, 9.17) is 30.6 Å². The van der Waals surface area contributed by atoms with Crippen LogP contribution in [-0.2, 0) is 41.3 Å². The summed E-state index contributed by atoms with van der Waals surface area (Å²) >= 11 is 0. The minimum atomic E-state index is -4.67. The minimum Gasteiger partial charge on any atom is -0.550 e. The van der Waals surface area contributed by atoms with Gasteiger partial charge in [0.1, 0.15) is 5.60 Å². The Kier molecular flexibility index (Phi) is 32.2. The van der Waals surface area contributed by atoms with Gasteiger partial charge in [-0.1, -0.05) is 0 Å². The fraction of sp³-hybridized carbons (Fsp3) is 0.500. The summed E-state index contributed by atoms with van der Waals surface area (Å²) in [5.41, 5.74) is -2.97. The second-order valence-corrected chi connectivity index (χ2v) is 4.72. The maximum atomic E-state index is 10.1. The molecule has 26 heavy (non-hydrogen) atoms. The molecule has 0 heterocycles. The van der Waals surface area contributed by atoms with Crippen molar-refractivity contribution >= 4 is 36.3 Å². The Morgan fingerprint density at radius 3 is 1.27 bits per heavy atom. The second-order valence-electron chi connectivity index (χ2n) is 3.83. The first-order chi connectivity index (χ1) is 10.5. The topological polar surface area (TPSA) is 218 Å². The van der Waals surface area contributed by atoms with E-state index >= 15 is 0 Å². The van der Waals surface area contributed by atoms with Crippen molar-refractivity contribution in [1.29, 1.82) is 0 Å². The van der Waals surface area contributed by atoms with Crippen LogP contribution in [0.5, 0.6) is 0 Å². The van der Waals surface area contributed by atoms with Crippen molar-refractivity contribution in [2.75, 3.05) is 14.1 Å². The number of hydrogen-bond donors (Lipinski definition) is 3. The largest absolute Gasteiger partial charge is 2.00 e. The molecule has 0 aromatic carbocycles. The van der Waals surface area contributed by atoms with Crippen molar-refractivity contribution in [3.8, 4) is 0 Å². The molecule has 0 amide bonds. The number of carbonyl (C=O) groups is 3. The smallest absolute Gasteiger partial charge is 0.550 e. The van der Waals surface area contributed by atoms with Gasteiger partial charge in [-0.25, -0.2) is 0 Å². The molecule has 0 fully saturated rings. The van der Waals surface area contributed by atoms with Gasteiger partial charge in [0.05, 0.1) is 5.97 Å². The number of hydrogen-bond acceptors (Lipinski definition) is 10. The third-order valence-electron chi connectivity index (χ3n) is 1.25. The molecule has 0 saturated heterocycles. The summed E-state index contributed by atoms with van der Waals surface area (Å²) in [4.78, 5) is 31.5. The van der Waals surface area contributed by atoms with Crippen LogP contribution in [0.15, 0.2) is 13.2 Å². The zero-order valence-electron chi connectivity index (χ0n) is 14.2. The molecule has 12 nitrogen and oxygen atoms in total. The van der Waals surface area contributed by atoms with E-state index in [1.807, 2.05) is 0 Å². The maximum Gasteiger partial charge on any atom is 2.00 e. The van der Waals surface area contributed by atoms with Crippen LogP contribution < -0.4 is 44.9 Å². The van der Waals surface area contributed by atoms with Crippen LogP contribution in [0, 0.1) is 0 Å². The van der Waals surface area contributed by atoms with Gasteiger partial charge in [-0.2, -0.15) is 8.42 Å². The number of carbonyl (C=O) groups excluding carboxylic acids is 3. The van der Waals surface area contributed by atoms with Crippen molar-refractivity contribution < 1.29 is 98.4 Å². The molecule has 0 aliphatic carbocycles. The molecule has 0 aliphatic rings. The molecule has 0 aliphatic heterocycles. The fourth-order valence-corrected chi connectivity index (χ4v) is 0.684. The summed E-state index contributed by atoms with van der Waals surface area (Å²) in [7, 11) is 3.83. The number of carboxylic acid groups (broad SMARTS) is 3. The van der Waals surface area contributed by atoms with Gasteiger partial charge in [-0.3, -0.25) is 9.11 Å². The molecule has 0 unspecified atom stereocenters. The first-order valence-electron chi connectivity index (χ1n) is 5.46. The SMILES string of the molecule is C=C.O=C([O-])CC(O)(CC(=O)[O-])C(=O)[O-].O=S(=O)(O)O.[B]N(C)C.[Na+].[Ni+2]. The van der Waals surface area contributed by atoms with Crippen molar-refractivity contribution in [1.82, 2.24) is 4.81 Å². The predicted molar refractivity (Wildman–Crippen MR) is 74.1 cm³/mol. The molecular weight excluding hydrogens is 435 g/mol. The molecule has 0 spiro atoms. The summed E-state index contributed by atoms with van der Waals surface area (Å²) in [5.74, 6) is -5.98.